The molecule has 1 aliphatic rings. The van der Waals surface area contributed by atoms with Gasteiger partial charge >= 0.3 is 0 Å². The number of phenols is 1. The summed E-state index contributed by atoms with van der Waals surface area (Å²) in [4.78, 5) is 12.1. The van der Waals surface area contributed by atoms with Gasteiger partial charge in [-0.15, -0.1) is 0 Å². The molecule has 1 amide bonds. The van der Waals surface area contributed by atoms with Crippen LogP contribution in [0.4, 0.5) is 0 Å². The number of hydrogen-bond acceptors (Lipinski definition) is 3. The SMILES string of the molecule is COCCC1(CNC(=O)c2ccc(O)cc2C)CC1. The summed E-state index contributed by atoms with van der Waals surface area (Å²) in [7, 11) is 1.70. The fourth-order valence-electron chi connectivity index (χ4n) is 2.28. The van der Waals surface area contributed by atoms with E-state index in [0.717, 1.165) is 31.4 Å². The standard InChI is InChI=1S/C15H21NO3/c1-11-9-12(17)3-4-13(11)14(18)16-10-15(5-6-15)7-8-19-2/h3-4,9,17H,5-8,10H2,1-2H3,(H,16,18). The molecule has 0 aromatic heterocycles. The number of hydrogen-bond donors (Lipinski definition) is 2. The van der Waals surface area contributed by atoms with Crippen LogP contribution in [0.25, 0.3) is 0 Å². The molecule has 0 spiro atoms. The molecule has 0 atom stereocenters. The molecule has 1 aromatic rings. The minimum atomic E-state index is -0.0683. The molecule has 0 unspecified atom stereocenters. The van der Waals surface area contributed by atoms with Crippen LogP contribution in [0.5, 0.6) is 5.75 Å². The van der Waals surface area contributed by atoms with Crippen LogP contribution >= 0.6 is 0 Å². The molecule has 0 aliphatic heterocycles. The molecule has 1 saturated carbocycles. The summed E-state index contributed by atoms with van der Waals surface area (Å²) < 4.78 is 5.10. The van der Waals surface area contributed by atoms with Crippen molar-refractivity contribution in [3.63, 3.8) is 0 Å². The highest BCUT2D eigenvalue weighted by Gasteiger charge is 2.42. The molecule has 1 fully saturated rings. The number of methoxy groups -OCH3 is 1. The van der Waals surface area contributed by atoms with Crippen molar-refractivity contribution in [3.05, 3.63) is 29.3 Å². The van der Waals surface area contributed by atoms with E-state index in [0.29, 0.717) is 12.1 Å². The lowest BCUT2D eigenvalue weighted by Gasteiger charge is -2.16. The van der Waals surface area contributed by atoms with E-state index in [4.69, 9.17) is 4.74 Å². The Morgan fingerprint density at radius 2 is 2.21 bits per heavy atom. The maximum absolute atomic E-state index is 12.1. The van der Waals surface area contributed by atoms with Crippen LogP contribution < -0.4 is 5.32 Å². The van der Waals surface area contributed by atoms with Crippen molar-refractivity contribution >= 4 is 5.91 Å². The average Bonchev–Trinajstić information content (AvgIpc) is 3.14. The Balaban J connectivity index is 1.91. The van der Waals surface area contributed by atoms with Gasteiger partial charge < -0.3 is 15.2 Å². The number of carbonyl (C=O) groups is 1. The molecule has 0 radical (unpaired) electrons. The first-order valence-corrected chi connectivity index (χ1v) is 6.63. The van der Waals surface area contributed by atoms with Crippen molar-refractivity contribution in [3.8, 4) is 5.75 Å². The quantitative estimate of drug-likeness (QED) is 0.827. The Morgan fingerprint density at radius 1 is 1.47 bits per heavy atom. The summed E-state index contributed by atoms with van der Waals surface area (Å²) in [6, 6.07) is 4.81. The molecule has 4 nitrogen and oxygen atoms in total. The van der Waals surface area contributed by atoms with Gasteiger partial charge in [-0.25, -0.2) is 0 Å². The fourth-order valence-corrected chi connectivity index (χ4v) is 2.28. The highest BCUT2D eigenvalue weighted by Crippen LogP contribution is 2.48. The number of aryl methyl sites for hydroxylation is 1. The van der Waals surface area contributed by atoms with Gasteiger partial charge in [-0.1, -0.05) is 0 Å². The van der Waals surface area contributed by atoms with Crippen LogP contribution in [0.3, 0.4) is 0 Å². The highest BCUT2D eigenvalue weighted by molar-refractivity contribution is 5.95. The summed E-state index contributed by atoms with van der Waals surface area (Å²) >= 11 is 0. The molecule has 0 bridgehead atoms. The smallest absolute Gasteiger partial charge is 0.251 e. The van der Waals surface area contributed by atoms with Crippen molar-refractivity contribution in [2.45, 2.75) is 26.2 Å². The zero-order valence-corrected chi connectivity index (χ0v) is 11.5. The Hall–Kier alpha value is -1.55. The third-order valence-corrected chi connectivity index (χ3v) is 3.87. The van der Waals surface area contributed by atoms with Crippen molar-refractivity contribution in [1.29, 1.82) is 0 Å². The van der Waals surface area contributed by atoms with Crippen molar-refractivity contribution < 1.29 is 14.6 Å². The third kappa shape index (κ3) is 3.47. The lowest BCUT2D eigenvalue weighted by molar-refractivity contribution is 0.0937. The molecule has 104 valence electrons. The lowest BCUT2D eigenvalue weighted by atomic mass is 10.0. The molecule has 0 saturated heterocycles. The van der Waals surface area contributed by atoms with Crippen molar-refractivity contribution in [2.75, 3.05) is 20.3 Å². The number of rotatable bonds is 6. The minimum absolute atomic E-state index is 0.0683. The number of aromatic hydroxyl groups is 1. The Morgan fingerprint density at radius 3 is 2.79 bits per heavy atom. The van der Waals surface area contributed by atoms with Crippen LogP contribution in [0.2, 0.25) is 0 Å². The fraction of sp³-hybridized carbons (Fsp3) is 0.533. The van der Waals surface area contributed by atoms with Crippen LogP contribution in [-0.4, -0.2) is 31.3 Å². The molecule has 0 heterocycles. The van der Waals surface area contributed by atoms with Crippen LogP contribution in [0.15, 0.2) is 18.2 Å². The zero-order valence-electron chi connectivity index (χ0n) is 11.5. The summed E-state index contributed by atoms with van der Waals surface area (Å²) in [5, 5.41) is 12.3. The number of nitrogens with one attached hydrogen (secondary N) is 1. The second kappa shape index (κ2) is 5.61. The van der Waals surface area contributed by atoms with Gasteiger partial charge in [0.05, 0.1) is 0 Å². The number of benzene rings is 1. The predicted octanol–water partition coefficient (Wildman–Crippen LogP) is 2.25. The van der Waals surface area contributed by atoms with Crippen LogP contribution in [0.1, 0.15) is 35.2 Å². The van der Waals surface area contributed by atoms with E-state index in [2.05, 4.69) is 5.32 Å². The molecular formula is C15H21NO3. The van der Waals surface area contributed by atoms with E-state index in [9.17, 15) is 9.90 Å². The second-order valence-corrected chi connectivity index (χ2v) is 5.42. The van der Waals surface area contributed by atoms with E-state index >= 15 is 0 Å². The Kier molecular flexibility index (Phi) is 4.10. The van der Waals surface area contributed by atoms with Gasteiger partial charge in [0.1, 0.15) is 5.75 Å². The monoisotopic (exact) mass is 263 g/mol. The van der Waals surface area contributed by atoms with Crippen LogP contribution in [0, 0.1) is 12.3 Å². The van der Waals surface area contributed by atoms with Crippen LogP contribution in [-0.2, 0) is 4.74 Å². The van der Waals surface area contributed by atoms with Gasteiger partial charge in [0.2, 0.25) is 0 Å². The molecule has 19 heavy (non-hydrogen) atoms. The molecule has 4 heteroatoms. The summed E-state index contributed by atoms with van der Waals surface area (Å²) in [5.41, 5.74) is 1.66. The number of phenolic OH excluding ortho intramolecular Hbond substituents is 1. The topological polar surface area (TPSA) is 58.6 Å². The van der Waals surface area contributed by atoms with E-state index in [1.807, 2.05) is 6.92 Å². The maximum Gasteiger partial charge on any atom is 0.251 e. The molecule has 2 rings (SSSR count). The second-order valence-electron chi connectivity index (χ2n) is 5.42. The Labute approximate surface area is 113 Å². The first-order chi connectivity index (χ1) is 9.06. The normalized spacial score (nSPS) is 16.1. The van der Waals surface area contributed by atoms with Gasteiger partial charge in [0.15, 0.2) is 0 Å². The minimum Gasteiger partial charge on any atom is -0.508 e. The van der Waals surface area contributed by atoms with Gasteiger partial charge in [-0.05, 0) is 55.4 Å². The van der Waals surface area contributed by atoms with Gasteiger partial charge in [-0.3, -0.25) is 4.79 Å². The number of ether oxygens (including phenoxy) is 1. The van der Waals surface area contributed by atoms with E-state index in [1.165, 1.54) is 0 Å². The highest BCUT2D eigenvalue weighted by atomic mass is 16.5. The van der Waals surface area contributed by atoms with Crippen molar-refractivity contribution in [2.24, 2.45) is 5.41 Å². The molecular weight excluding hydrogens is 242 g/mol. The van der Waals surface area contributed by atoms with E-state index in [-0.39, 0.29) is 17.1 Å². The predicted molar refractivity (Wildman–Crippen MR) is 73.3 cm³/mol. The van der Waals surface area contributed by atoms with E-state index < -0.39 is 0 Å². The third-order valence-electron chi connectivity index (χ3n) is 3.87. The lowest BCUT2D eigenvalue weighted by Crippen LogP contribution is -2.31. The maximum atomic E-state index is 12.1. The first-order valence-electron chi connectivity index (χ1n) is 6.63. The Bertz CT molecular complexity index is 466. The molecule has 1 aliphatic carbocycles. The van der Waals surface area contributed by atoms with Crippen molar-refractivity contribution in [1.82, 2.24) is 5.32 Å². The summed E-state index contributed by atoms with van der Waals surface area (Å²) in [5.74, 6) is 0.119. The molecule has 2 N–H and O–H groups in total. The van der Waals surface area contributed by atoms with E-state index in [1.54, 1.807) is 25.3 Å². The first kappa shape index (κ1) is 13.9. The van der Waals surface area contributed by atoms with Gasteiger partial charge in [-0.2, -0.15) is 0 Å². The zero-order chi connectivity index (χ0) is 13.9. The summed E-state index contributed by atoms with van der Waals surface area (Å²) in [6.07, 6.45) is 3.31. The molecule has 1 aromatic carbocycles. The van der Waals surface area contributed by atoms with Gasteiger partial charge in [0.25, 0.3) is 5.91 Å². The van der Waals surface area contributed by atoms with Gasteiger partial charge in [0, 0.05) is 25.8 Å². The number of carbonyl (C=O) groups excluding carboxylic acids is 1. The largest absolute Gasteiger partial charge is 0.508 e. The summed E-state index contributed by atoms with van der Waals surface area (Å²) in [6.45, 7) is 3.27. The number of amides is 1. The average molecular weight is 263 g/mol.